The summed E-state index contributed by atoms with van der Waals surface area (Å²) in [6.45, 7) is 2.05. The molecule has 1 aliphatic heterocycles. The number of carbonyl (C=O) groups excluding carboxylic acids is 1. The Morgan fingerprint density at radius 1 is 1.60 bits per heavy atom. The van der Waals surface area contributed by atoms with E-state index in [2.05, 4.69) is 5.32 Å². The minimum Gasteiger partial charge on any atom is -0.356 e. The van der Waals surface area contributed by atoms with Crippen LogP contribution < -0.4 is 5.32 Å². The van der Waals surface area contributed by atoms with E-state index >= 15 is 0 Å². The molecule has 1 N–H and O–H groups in total. The first-order valence-electron chi connectivity index (χ1n) is 5.12. The van der Waals surface area contributed by atoms with Crippen molar-refractivity contribution in [2.45, 2.75) is 38.3 Å². The van der Waals surface area contributed by atoms with Crippen LogP contribution in [0.4, 0.5) is 0 Å². The van der Waals surface area contributed by atoms with Gasteiger partial charge in [0.2, 0.25) is 5.91 Å². The predicted molar refractivity (Wildman–Crippen MR) is 54.2 cm³/mol. The summed E-state index contributed by atoms with van der Waals surface area (Å²) in [4.78, 5) is 10.7. The predicted octanol–water partition coefficient (Wildman–Crippen LogP) is 0.638. The normalized spacial score (nSPS) is 30.5. The van der Waals surface area contributed by atoms with Crippen molar-refractivity contribution in [2.24, 2.45) is 0 Å². The van der Waals surface area contributed by atoms with E-state index in [0.717, 1.165) is 12.8 Å². The first-order valence-corrected chi connectivity index (χ1v) is 5.12. The lowest BCUT2D eigenvalue weighted by Gasteiger charge is -2.27. The molecule has 15 heavy (non-hydrogen) atoms. The molecule has 5 nitrogen and oxygen atoms in total. The van der Waals surface area contributed by atoms with Crippen molar-refractivity contribution in [3.05, 3.63) is 0 Å². The molecule has 0 aliphatic carbocycles. The van der Waals surface area contributed by atoms with Gasteiger partial charge in [-0.3, -0.25) is 4.79 Å². The number of methoxy groups -OCH3 is 2. The van der Waals surface area contributed by atoms with Gasteiger partial charge in [0.1, 0.15) is 0 Å². The maximum Gasteiger partial charge on any atom is 0.216 e. The second-order valence-electron chi connectivity index (χ2n) is 3.67. The van der Waals surface area contributed by atoms with Crippen molar-refractivity contribution in [3.63, 3.8) is 0 Å². The van der Waals surface area contributed by atoms with Gasteiger partial charge in [-0.05, 0) is 0 Å². The minimum absolute atomic E-state index is 0.0393. The summed E-state index contributed by atoms with van der Waals surface area (Å²) >= 11 is 0. The highest BCUT2D eigenvalue weighted by atomic mass is 16.8. The molecular weight excluding hydrogens is 198 g/mol. The van der Waals surface area contributed by atoms with Crippen LogP contribution in [0.1, 0.15) is 26.2 Å². The average molecular weight is 217 g/mol. The van der Waals surface area contributed by atoms with Crippen LogP contribution in [0.5, 0.6) is 0 Å². The quantitative estimate of drug-likeness (QED) is 0.734. The van der Waals surface area contributed by atoms with Gasteiger partial charge in [-0.15, -0.1) is 0 Å². The highest BCUT2D eigenvalue weighted by Gasteiger charge is 2.40. The Labute approximate surface area is 90.1 Å². The maximum absolute atomic E-state index is 10.7. The van der Waals surface area contributed by atoms with Gasteiger partial charge in [-0.1, -0.05) is 0 Å². The number of hydrogen-bond acceptors (Lipinski definition) is 4. The molecule has 1 saturated heterocycles. The second kappa shape index (κ2) is 5.44. The van der Waals surface area contributed by atoms with Gasteiger partial charge in [0.15, 0.2) is 12.1 Å². The van der Waals surface area contributed by atoms with Crippen molar-refractivity contribution >= 4 is 5.91 Å². The lowest BCUT2D eigenvalue weighted by Crippen LogP contribution is -2.36. The van der Waals surface area contributed by atoms with Gasteiger partial charge in [0, 0.05) is 47.0 Å². The van der Waals surface area contributed by atoms with Crippen LogP contribution in [0, 0.1) is 0 Å². The first kappa shape index (κ1) is 12.4. The van der Waals surface area contributed by atoms with Crippen LogP contribution in [-0.2, 0) is 19.0 Å². The summed E-state index contributed by atoms with van der Waals surface area (Å²) in [6.07, 6.45) is 2.07. The fraction of sp³-hybridized carbons (Fsp3) is 0.900. The van der Waals surface area contributed by atoms with E-state index in [9.17, 15) is 4.79 Å². The van der Waals surface area contributed by atoms with E-state index in [1.54, 1.807) is 14.2 Å². The van der Waals surface area contributed by atoms with E-state index in [4.69, 9.17) is 14.2 Å². The molecular formula is C10H19NO4. The van der Waals surface area contributed by atoms with E-state index < -0.39 is 5.79 Å². The highest BCUT2D eigenvalue weighted by molar-refractivity contribution is 5.72. The molecule has 0 aromatic heterocycles. The van der Waals surface area contributed by atoms with E-state index in [1.165, 1.54) is 6.92 Å². The molecule has 0 aromatic carbocycles. The molecule has 0 saturated carbocycles. The molecule has 1 fully saturated rings. The Balaban J connectivity index is 2.37. The van der Waals surface area contributed by atoms with Crippen molar-refractivity contribution in [1.29, 1.82) is 0 Å². The number of amides is 1. The summed E-state index contributed by atoms with van der Waals surface area (Å²) in [7, 11) is 3.23. The maximum atomic E-state index is 10.7. The van der Waals surface area contributed by atoms with Crippen LogP contribution in [0.25, 0.3) is 0 Å². The Hall–Kier alpha value is -0.650. The topological polar surface area (TPSA) is 56.8 Å². The average Bonchev–Trinajstić information content (AvgIpc) is 2.62. The van der Waals surface area contributed by atoms with Crippen molar-refractivity contribution in [1.82, 2.24) is 5.32 Å². The Morgan fingerprint density at radius 3 is 2.80 bits per heavy atom. The molecule has 88 valence electrons. The lowest BCUT2D eigenvalue weighted by molar-refractivity contribution is -0.257. The molecule has 2 atom stereocenters. The third-order valence-corrected chi connectivity index (χ3v) is 2.62. The number of nitrogens with one attached hydrogen (secondary N) is 1. The first-order chi connectivity index (χ1) is 7.12. The molecule has 1 rings (SSSR count). The molecule has 1 aliphatic rings. The number of hydrogen-bond donors (Lipinski definition) is 1. The fourth-order valence-corrected chi connectivity index (χ4v) is 1.73. The van der Waals surface area contributed by atoms with Gasteiger partial charge in [-0.25, -0.2) is 0 Å². The van der Waals surface area contributed by atoms with E-state index in [0.29, 0.717) is 13.0 Å². The molecule has 1 amide bonds. The summed E-state index contributed by atoms with van der Waals surface area (Å²) in [6, 6.07) is 0. The zero-order valence-electron chi connectivity index (χ0n) is 9.54. The zero-order valence-corrected chi connectivity index (χ0v) is 9.54. The molecule has 0 unspecified atom stereocenters. The molecule has 5 heteroatoms. The number of carbonyl (C=O) groups is 1. The third kappa shape index (κ3) is 3.44. The van der Waals surface area contributed by atoms with E-state index in [-0.39, 0.29) is 12.2 Å². The highest BCUT2D eigenvalue weighted by Crippen LogP contribution is 2.33. The minimum atomic E-state index is -0.594. The lowest BCUT2D eigenvalue weighted by atomic mass is 10.1. The van der Waals surface area contributed by atoms with Gasteiger partial charge in [-0.2, -0.15) is 0 Å². The van der Waals surface area contributed by atoms with Gasteiger partial charge in [0.25, 0.3) is 0 Å². The summed E-state index contributed by atoms with van der Waals surface area (Å²) in [5, 5.41) is 2.72. The third-order valence-electron chi connectivity index (χ3n) is 2.62. The summed E-state index contributed by atoms with van der Waals surface area (Å²) in [5.41, 5.74) is 0. The second-order valence-corrected chi connectivity index (χ2v) is 3.67. The molecule has 0 radical (unpaired) electrons. The van der Waals surface area contributed by atoms with Crippen LogP contribution >= 0.6 is 0 Å². The number of ether oxygens (including phenoxy) is 3. The van der Waals surface area contributed by atoms with Crippen LogP contribution in [0.3, 0.4) is 0 Å². The van der Waals surface area contributed by atoms with Crippen LogP contribution in [0.15, 0.2) is 0 Å². The fourth-order valence-electron chi connectivity index (χ4n) is 1.73. The van der Waals surface area contributed by atoms with E-state index in [1.807, 2.05) is 0 Å². The van der Waals surface area contributed by atoms with Crippen molar-refractivity contribution < 1.29 is 19.0 Å². The summed E-state index contributed by atoms with van der Waals surface area (Å²) in [5.74, 6) is -0.633. The van der Waals surface area contributed by atoms with Crippen LogP contribution in [0.2, 0.25) is 0 Å². The van der Waals surface area contributed by atoms with Crippen molar-refractivity contribution in [3.8, 4) is 0 Å². The van der Waals surface area contributed by atoms with Gasteiger partial charge >= 0.3 is 0 Å². The molecule has 0 spiro atoms. The standard InChI is InChI=1S/C10H19NO4/c1-8(12)11-7-6-10(14-3)5-4-9(13-2)15-10/h9H,4-7H2,1-3H3,(H,11,12)/t9-,10-/m0/s1. The van der Waals surface area contributed by atoms with Gasteiger partial charge in [0.05, 0.1) is 0 Å². The molecule has 0 aromatic rings. The Bertz CT molecular complexity index is 221. The van der Waals surface area contributed by atoms with Crippen LogP contribution in [-0.4, -0.2) is 38.7 Å². The van der Waals surface area contributed by atoms with Gasteiger partial charge < -0.3 is 19.5 Å². The Kier molecular flexibility index (Phi) is 4.50. The monoisotopic (exact) mass is 217 g/mol. The smallest absolute Gasteiger partial charge is 0.216 e. The number of rotatable bonds is 5. The Morgan fingerprint density at radius 2 is 2.33 bits per heavy atom. The SMILES string of the molecule is CO[C@@H]1CC[C@](CCNC(C)=O)(OC)O1. The largest absolute Gasteiger partial charge is 0.356 e. The van der Waals surface area contributed by atoms with Crippen molar-refractivity contribution in [2.75, 3.05) is 20.8 Å². The molecule has 1 heterocycles. The summed E-state index contributed by atoms with van der Waals surface area (Å²) < 4.78 is 16.1. The zero-order chi connectivity index (χ0) is 11.3. The molecule has 0 bridgehead atoms.